The first-order valence-electron chi connectivity index (χ1n) is 6.65. The smallest absolute Gasteiger partial charge is 0.341 e. The van der Waals surface area contributed by atoms with Gasteiger partial charge in [-0.3, -0.25) is 0 Å². The molecular weight excluding hydrogens is 284 g/mol. The molecule has 1 aromatic carbocycles. The molecule has 0 radical (unpaired) electrons. The largest absolute Gasteiger partial charge is 0.462 e. The number of ether oxygens (including phenoxy) is 1. The molecule has 0 fully saturated rings. The van der Waals surface area contributed by atoms with E-state index in [2.05, 4.69) is 9.97 Å². The van der Waals surface area contributed by atoms with Crippen molar-refractivity contribution in [3.8, 4) is 0 Å². The number of aromatic amines is 1. The van der Waals surface area contributed by atoms with Crippen LogP contribution in [-0.4, -0.2) is 22.5 Å². The Kier molecular flexibility index (Phi) is 3.83. The molecule has 0 unspecified atom stereocenters. The minimum Gasteiger partial charge on any atom is -0.462 e. The highest BCUT2D eigenvalue weighted by atomic mass is 32.1. The van der Waals surface area contributed by atoms with Crippen molar-refractivity contribution >= 4 is 40.0 Å². The van der Waals surface area contributed by atoms with E-state index < -0.39 is 0 Å². The van der Waals surface area contributed by atoms with Crippen LogP contribution in [0.1, 0.15) is 17.6 Å². The van der Waals surface area contributed by atoms with Crippen molar-refractivity contribution in [2.75, 3.05) is 6.61 Å². The molecule has 0 amide bonds. The van der Waals surface area contributed by atoms with Crippen molar-refractivity contribution in [3.63, 3.8) is 0 Å². The number of esters is 1. The summed E-state index contributed by atoms with van der Waals surface area (Å²) in [6.45, 7) is 2.13. The molecule has 3 aromatic rings. The summed E-state index contributed by atoms with van der Waals surface area (Å²) in [5.74, 6) is 0.160. The summed E-state index contributed by atoms with van der Waals surface area (Å²) in [4.78, 5) is 20.8. The maximum atomic E-state index is 12.2. The normalized spacial score (nSPS) is 11.8. The van der Waals surface area contributed by atoms with Gasteiger partial charge in [-0.15, -0.1) is 11.3 Å². The summed E-state index contributed by atoms with van der Waals surface area (Å²) in [7, 11) is 0. The Balaban J connectivity index is 2.08. The first-order valence-corrected chi connectivity index (χ1v) is 7.53. The summed E-state index contributed by atoms with van der Waals surface area (Å²) >= 11 is 1.56. The zero-order chi connectivity index (χ0) is 14.7. The van der Waals surface area contributed by atoms with E-state index in [9.17, 15) is 4.79 Å². The summed E-state index contributed by atoms with van der Waals surface area (Å²) in [5, 5.41) is 1.97. The summed E-state index contributed by atoms with van der Waals surface area (Å²) in [6, 6.07) is 11.6. The molecule has 0 aliphatic carbocycles. The third kappa shape index (κ3) is 2.87. The Labute approximate surface area is 126 Å². The van der Waals surface area contributed by atoms with Gasteiger partial charge in [0.05, 0.1) is 17.6 Å². The van der Waals surface area contributed by atoms with Crippen LogP contribution >= 0.6 is 11.3 Å². The number of thiophene rings is 1. The number of para-hydroxylation sites is 2. The lowest BCUT2D eigenvalue weighted by Gasteiger charge is -2.03. The number of hydrogen-bond donors (Lipinski definition) is 1. The Hall–Kier alpha value is -2.40. The number of nitrogens with zero attached hydrogens (tertiary/aromatic N) is 1. The molecule has 0 aliphatic rings. The monoisotopic (exact) mass is 298 g/mol. The van der Waals surface area contributed by atoms with E-state index in [4.69, 9.17) is 4.74 Å². The number of hydrogen-bond acceptors (Lipinski definition) is 4. The van der Waals surface area contributed by atoms with Gasteiger partial charge < -0.3 is 9.72 Å². The number of fused-ring (bicyclic) bond motifs is 1. The molecule has 0 aliphatic heterocycles. The molecule has 0 bridgehead atoms. The molecule has 2 heterocycles. The van der Waals surface area contributed by atoms with E-state index in [1.165, 1.54) is 0 Å². The van der Waals surface area contributed by atoms with Crippen LogP contribution in [0.2, 0.25) is 0 Å². The van der Waals surface area contributed by atoms with Crippen LogP contribution in [0.5, 0.6) is 0 Å². The summed E-state index contributed by atoms with van der Waals surface area (Å²) in [6.07, 6.45) is 1.81. The summed E-state index contributed by atoms with van der Waals surface area (Å²) in [5.41, 5.74) is 2.17. The number of carbonyl (C=O) groups is 1. The number of H-pyrrole nitrogens is 1. The van der Waals surface area contributed by atoms with Gasteiger partial charge in [0.15, 0.2) is 0 Å². The van der Waals surface area contributed by atoms with E-state index >= 15 is 0 Å². The molecule has 0 spiro atoms. The second-order valence-electron chi connectivity index (χ2n) is 4.40. The van der Waals surface area contributed by atoms with Crippen molar-refractivity contribution in [3.05, 3.63) is 52.5 Å². The van der Waals surface area contributed by atoms with Crippen molar-refractivity contribution in [1.29, 1.82) is 0 Å². The van der Waals surface area contributed by atoms with Gasteiger partial charge in [-0.1, -0.05) is 18.2 Å². The molecule has 1 N–H and O–H groups in total. The van der Waals surface area contributed by atoms with Crippen LogP contribution in [0.4, 0.5) is 0 Å². The topological polar surface area (TPSA) is 55.0 Å². The van der Waals surface area contributed by atoms with E-state index in [1.807, 2.05) is 41.8 Å². The maximum absolute atomic E-state index is 12.2. The van der Waals surface area contributed by atoms with E-state index in [1.54, 1.807) is 24.3 Å². The molecule has 3 rings (SSSR count). The van der Waals surface area contributed by atoms with Gasteiger partial charge in [0.1, 0.15) is 11.4 Å². The van der Waals surface area contributed by atoms with Gasteiger partial charge in [-0.25, -0.2) is 9.78 Å². The number of rotatable bonds is 4. The highest BCUT2D eigenvalue weighted by molar-refractivity contribution is 7.10. The first-order chi connectivity index (χ1) is 10.3. The Bertz CT molecular complexity index is 755. The van der Waals surface area contributed by atoms with Gasteiger partial charge in [-0.2, -0.15) is 0 Å². The zero-order valence-corrected chi connectivity index (χ0v) is 12.3. The van der Waals surface area contributed by atoms with Crippen LogP contribution in [0.25, 0.3) is 22.7 Å². The number of aromatic nitrogens is 2. The molecule has 2 aromatic heterocycles. The van der Waals surface area contributed by atoms with Gasteiger partial charge in [0, 0.05) is 4.88 Å². The van der Waals surface area contributed by atoms with E-state index in [-0.39, 0.29) is 5.97 Å². The molecule has 5 heteroatoms. The van der Waals surface area contributed by atoms with Crippen LogP contribution in [0.3, 0.4) is 0 Å². The molecule has 0 saturated heterocycles. The maximum Gasteiger partial charge on any atom is 0.341 e. The second-order valence-corrected chi connectivity index (χ2v) is 5.38. The number of nitrogens with one attached hydrogen (secondary N) is 1. The minimum atomic E-state index is -0.370. The Morgan fingerprint density at radius 3 is 2.90 bits per heavy atom. The average molecular weight is 298 g/mol. The van der Waals surface area contributed by atoms with Crippen LogP contribution in [0.15, 0.2) is 41.8 Å². The van der Waals surface area contributed by atoms with E-state index in [0.29, 0.717) is 18.0 Å². The van der Waals surface area contributed by atoms with Gasteiger partial charge in [0.2, 0.25) is 0 Å². The average Bonchev–Trinajstić information content (AvgIpc) is 3.13. The van der Waals surface area contributed by atoms with Crippen LogP contribution in [0, 0.1) is 0 Å². The van der Waals surface area contributed by atoms with Gasteiger partial charge in [0.25, 0.3) is 0 Å². The number of carbonyl (C=O) groups excluding carboxylic acids is 1. The number of benzene rings is 1. The van der Waals surface area contributed by atoms with Crippen molar-refractivity contribution in [2.45, 2.75) is 6.92 Å². The SMILES string of the molecule is CCOC(=O)/C(=C/c1cccs1)c1nc2ccccc2[nH]1. The lowest BCUT2D eigenvalue weighted by molar-refractivity contribution is -0.136. The molecular formula is C16H14N2O2S. The molecule has 0 atom stereocenters. The fraction of sp³-hybridized carbons (Fsp3) is 0.125. The predicted octanol–water partition coefficient (Wildman–Crippen LogP) is 3.73. The lowest BCUT2D eigenvalue weighted by Crippen LogP contribution is -2.07. The highest BCUT2D eigenvalue weighted by Crippen LogP contribution is 2.22. The third-order valence-electron chi connectivity index (χ3n) is 2.97. The van der Waals surface area contributed by atoms with Crippen molar-refractivity contribution < 1.29 is 9.53 Å². The third-order valence-corrected chi connectivity index (χ3v) is 3.79. The van der Waals surface area contributed by atoms with Crippen molar-refractivity contribution in [2.24, 2.45) is 0 Å². The van der Waals surface area contributed by atoms with Crippen LogP contribution < -0.4 is 0 Å². The summed E-state index contributed by atoms with van der Waals surface area (Å²) < 4.78 is 5.14. The molecule has 21 heavy (non-hydrogen) atoms. The van der Waals surface area contributed by atoms with E-state index in [0.717, 1.165) is 15.9 Å². The fourth-order valence-corrected chi connectivity index (χ4v) is 2.69. The standard InChI is InChI=1S/C16H14N2O2S/c1-2-20-16(19)12(10-11-6-5-9-21-11)15-17-13-7-3-4-8-14(13)18-15/h3-10H,2H2,1H3,(H,17,18)/b12-10+. The lowest BCUT2D eigenvalue weighted by atomic mass is 10.2. The Morgan fingerprint density at radius 1 is 1.33 bits per heavy atom. The second kappa shape index (κ2) is 5.93. The van der Waals surface area contributed by atoms with Gasteiger partial charge >= 0.3 is 5.97 Å². The van der Waals surface area contributed by atoms with Gasteiger partial charge in [-0.05, 0) is 36.6 Å². The Morgan fingerprint density at radius 2 is 2.19 bits per heavy atom. The fourth-order valence-electron chi connectivity index (χ4n) is 2.03. The first kappa shape index (κ1) is 13.6. The van der Waals surface area contributed by atoms with Crippen LogP contribution in [-0.2, 0) is 9.53 Å². The molecule has 0 saturated carbocycles. The predicted molar refractivity (Wildman–Crippen MR) is 84.9 cm³/mol. The molecule has 4 nitrogen and oxygen atoms in total. The molecule has 106 valence electrons. The highest BCUT2D eigenvalue weighted by Gasteiger charge is 2.17. The minimum absolute atomic E-state index is 0.334. The van der Waals surface area contributed by atoms with Crippen molar-refractivity contribution in [1.82, 2.24) is 9.97 Å². The quantitative estimate of drug-likeness (QED) is 0.590. The zero-order valence-electron chi connectivity index (χ0n) is 11.5. The number of imidazole rings is 1.